The zero-order chi connectivity index (χ0) is 15.2. The van der Waals surface area contributed by atoms with Gasteiger partial charge in [0.15, 0.2) is 5.69 Å². The second-order valence-corrected chi connectivity index (χ2v) is 6.27. The predicted octanol–water partition coefficient (Wildman–Crippen LogP) is 1.67. The van der Waals surface area contributed by atoms with E-state index in [9.17, 15) is 4.79 Å². The molecule has 0 bridgehead atoms. The molecule has 0 aliphatic heterocycles. The minimum Gasteiger partial charge on any atom is -0.334 e. The number of nitrogens with two attached hydrogens (primary N) is 1. The summed E-state index contributed by atoms with van der Waals surface area (Å²) in [4.78, 5) is 14.8. The fraction of sp³-hybridized carbons (Fsp3) is 0.800. The van der Waals surface area contributed by atoms with Gasteiger partial charge in [0.25, 0.3) is 5.91 Å². The van der Waals surface area contributed by atoms with Gasteiger partial charge in [0, 0.05) is 19.1 Å². The standard InChI is InChI=1S/C15H27N5O/c1-12(2)7-9-20(13-5-3-4-6-13)15(21)14-11-19(10-8-16)18-17-14/h11-13H,3-10,16H2,1-2H3. The van der Waals surface area contributed by atoms with E-state index < -0.39 is 0 Å². The third kappa shape index (κ3) is 4.27. The van der Waals surface area contributed by atoms with Crippen LogP contribution in [0.3, 0.4) is 0 Å². The molecule has 0 aromatic carbocycles. The monoisotopic (exact) mass is 293 g/mol. The van der Waals surface area contributed by atoms with Crippen LogP contribution < -0.4 is 5.73 Å². The van der Waals surface area contributed by atoms with Crippen molar-refractivity contribution < 1.29 is 4.79 Å². The molecule has 1 amide bonds. The highest BCUT2D eigenvalue weighted by molar-refractivity contribution is 5.92. The number of rotatable bonds is 7. The molecular weight excluding hydrogens is 266 g/mol. The summed E-state index contributed by atoms with van der Waals surface area (Å²) in [5.41, 5.74) is 5.95. The van der Waals surface area contributed by atoms with Crippen LogP contribution in [-0.4, -0.2) is 44.9 Å². The Bertz CT molecular complexity index is 451. The molecule has 1 aliphatic carbocycles. The van der Waals surface area contributed by atoms with Crippen molar-refractivity contribution in [2.75, 3.05) is 13.1 Å². The third-order valence-corrected chi connectivity index (χ3v) is 4.09. The molecule has 0 unspecified atom stereocenters. The quantitative estimate of drug-likeness (QED) is 0.829. The number of nitrogens with zero attached hydrogens (tertiary/aromatic N) is 4. The fourth-order valence-corrected chi connectivity index (χ4v) is 2.85. The van der Waals surface area contributed by atoms with E-state index in [4.69, 9.17) is 5.73 Å². The zero-order valence-corrected chi connectivity index (χ0v) is 13.2. The maximum Gasteiger partial charge on any atom is 0.276 e. The van der Waals surface area contributed by atoms with Gasteiger partial charge in [-0.25, -0.2) is 0 Å². The molecule has 21 heavy (non-hydrogen) atoms. The number of hydrogen-bond acceptors (Lipinski definition) is 4. The lowest BCUT2D eigenvalue weighted by molar-refractivity contribution is 0.0665. The summed E-state index contributed by atoms with van der Waals surface area (Å²) in [6.07, 6.45) is 7.40. The molecule has 1 heterocycles. The Labute approximate surface area is 126 Å². The summed E-state index contributed by atoms with van der Waals surface area (Å²) in [5, 5.41) is 7.99. The van der Waals surface area contributed by atoms with Gasteiger partial charge in [-0.3, -0.25) is 9.48 Å². The molecule has 0 saturated heterocycles. The maximum atomic E-state index is 12.7. The second-order valence-electron chi connectivity index (χ2n) is 6.27. The van der Waals surface area contributed by atoms with Gasteiger partial charge in [0.05, 0.1) is 12.7 Å². The molecule has 1 aromatic rings. The van der Waals surface area contributed by atoms with Crippen molar-refractivity contribution in [2.24, 2.45) is 11.7 Å². The van der Waals surface area contributed by atoms with E-state index in [1.165, 1.54) is 12.8 Å². The molecule has 0 radical (unpaired) electrons. The van der Waals surface area contributed by atoms with Gasteiger partial charge in [-0.2, -0.15) is 0 Å². The molecule has 0 atom stereocenters. The van der Waals surface area contributed by atoms with Gasteiger partial charge in [0.1, 0.15) is 0 Å². The zero-order valence-electron chi connectivity index (χ0n) is 13.2. The summed E-state index contributed by atoms with van der Waals surface area (Å²) in [6.45, 7) is 6.28. The lowest BCUT2D eigenvalue weighted by Gasteiger charge is -2.29. The number of carbonyl (C=O) groups excluding carboxylic acids is 1. The van der Waals surface area contributed by atoms with Gasteiger partial charge in [-0.05, 0) is 25.2 Å². The third-order valence-electron chi connectivity index (χ3n) is 4.09. The van der Waals surface area contributed by atoms with Crippen molar-refractivity contribution in [1.29, 1.82) is 0 Å². The smallest absolute Gasteiger partial charge is 0.276 e. The maximum absolute atomic E-state index is 12.7. The fourth-order valence-electron chi connectivity index (χ4n) is 2.85. The SMILES string of the molecule is CC(C)CCN(C(=O)c1cn(CCN)nn1)C1CCCC1. The van der Waals surface area contributed by atoms with E-state index in [-0.39, 0.29) is 5.91 Å². The Morgan fingerprint density at radius 3 is 2.81 bits per heavy atom. The van der Waals surface area contributed by atoms with Crippen LogP contribution in [0.5, 0.6) is 0 Å². The van der Waals surface area contributed by atoms with Crippen LogP contribution in [-0.2, 0) is 6.54 Å². The highest BCUT2D eigenvalue weighted by Crippen LogP contribution is 2.25. The minimum absolute atomic E-state index is 0.0193. The molecular formula is C15H27N5O. The molecule has 2 N–H and O–H groups in total. The van der Waals surface area contributed by atoms with Crippen LogP contribution in [0.15, 0.2) is 6.20 Å². The lowest BCUT2D eigenvalue weighted by atomic mass is 10.1. The van der Waals surface area contributed by atoms with Crippen LogP contribution in [0.25, 0.3) is 0 Å². The van der Waals surface area contributed by atoms with E-state index in [0.717, 1.165) is 25.8 Å². The summed E-state index contributed by atoms with van der Waals surface area (Å²) in [5.74, 6) is 0.612. The first-order valence-electron chi connectivity index (χ1n) is 8.03. The molecule has 6 heteroatoms. The number of carbonyl (C=O) groups is 1. The van der Waals surface area contributed by atoms with Gasteiger partial charge < -0.3 is 10.6 Å². The van der Waals surface area contributed by atoms with Gasteiger partial charge in [-0.15, -0.1) is 5.10 Å². The average molecular weight is 293 g/mol. The Hall–Kier alpha value is -1.43. The van der Waals surface area contributed by atoms with E-state index in [1.807, 2.05) is 4.90 Å². The van der Waals surface area contributed by atoms with Crippen LogP contribution >= 0.6 is 0 Å². The van der Waals surface area contributed by atoms with E-state index >= 15 is 0 Å². The molecule has 1 fully saturated rings. The van der Waals surface area contributed by atoms with Crippen LogP contribution in [0.4, 0.5) is 0 Å². The highest BCUT2D eigenvalue weighted by Gasteiger charge is 2.28. The molecule has 118 valence electrons. The van der Waals surface area contributed by atoms with Crippen molar-refractivity contribution >= 4 is 5.91 Å². The van der Waals surface area contributed by atoms with Crippen molar-refractivity contribution in [3.05, 3.63) is 11.9 Å². The van der Waals surface area contributed by atoms with Gasteiger partial charge in [-0.1, -0.05) is 31.9 Å². The Morgan fingerprint density at radius 1 is 1.48 bits per heavy atom. The van der Waals surface area contributed by atoms with Gasteiger partial charge in [0.2, 0.25) is 0 Å². The highest BCUT2D eigenvalue weighted by atomic mass is 16.2. The molecule has 6 nitrogen and oxygen atoms in total. The number of hydrogen-bond donors (Lipinski definition) is 1. The molecule has 0 spiro atoms. The summed E-state index contributed by atoms with van der Waals surface area (Å²) in [7, 11) is 0. The normalized spacial score (nSPS) is 15.8. The van der Waals surface area contributed by atoms with E-state index in [0.29, 0.717) is 30.7 Å². The van der Waals surface area contributed by atoms with Gasteiger partial charge >= 0.3 is 0 Å². The largest absolute Gasteiger partial charge is 0.334 e. The first kappa shape index (κ1) is 15.9. The summed E-state index contributed by atoms with van der Waals surface area (Å²) in [6, 6.07) is 0.371. The van der Waals surface area contributed by atoms with E-state index in [1.54, 1.807) is 10.9 Å². The van der Waals surface area contributed by atoms with Crippen molar-refractivity contribution in [3.63, 3.8) is 0 Å². The summed E-state index contributed by atoms with van der Waals surface area (Å²) < 4.78 is 1.64. The predicted molar refractivity (Wildman–Crippen MR) is 81.8 cm³/mol. The van der Waals surface area contributed by atoms with Crippen molar-refractivity contribution in [1.82, 2.24) is 19.9 Å². The molecule has 1 aromatic heterocycles. The van der Waals surface area contributed by atoms with Crippen molar-refractivity contribution in [3.8, 4) is 0 Å². The minimum atomic E-state index is 0.0193. The second kappa shape index (κ2) is 7.54. The molecule has 2 rings (SSSR count). The van der Waals surface area contributed by atoms with Crippen molar-refractivity contribution in [2.45, 2.75) is 58.5 Å². The number of aromatic nitrogens is 3. The lowest BCUT2D eigenvalue weighted by Crippen LogP contribution is -2.40. The van der Waals surface area contributed by atoms with Crippen LogP contribution in [0.2, 0.25) is 0 Å². The first-order chi connectivity index (χ1) is 10.1. The first-order valence-corrected chi connectivity index (χ1v) is 8.03. The molecule has 1 saturated carbocycles. The topological polar surface area (TPSA) is 77.0 Å². The average Bonchev–Trinajstić information content (AvgIpc) is 3.10. The Balaban J connectivity index is 2.07. The molecule has 1 aliphatic rings. The Kier molecular flexibility index (Phi) is 5.73. The summed E-state index contributed by atoms with van der Waals surface area (Å²) >= 11 is 0. The van der Waals surface area contributed by atoms with Crippen LogP contribution in [0, 0.1) is 5.92 Å². The number of amides is 1. The Morgan fingerprint density at radius 2 is 2.19 bits per heavy atom. The van der Waals surface area contributed by atoms with Crippen LogP contribution in [0.1, 0.15) is 56.4 Å². The van der Waals surface area contributed by atoms with E-state index in [2.05, 4.69) is 24.2 Å².